The Labute approximate surface area is 161 Å². The largest absolute Gasteiger partial charge is 0.497 e. The van der Waals surface area contributed by atoms with Crippen molar-refractivity contribution in [1.82, 2.24) is 19.4 Å². The highest BCUT2D eigenvalue weighted by Gasteiger charge is 2.26. The van der Waals surface area contributed by atoms with E-state index in [-0.39, 0.29) is 11.6 Å². The van der Waals surface area contributed by atoms with E-state index in [1.54, 1.807) is 13.2 Å². The lowest BCUT2D eigenvalue weighted by Gasteiger charge is -2.31. The van der Waals surface area contributed by atoms with E-state index in [0.29, 0.717) is 17.7 Å². The van der Waals surface area contributed by atoms with Crippen molar-refractivity contribution in [2.24, 2.45) is 0 Å². The van der Waals surface area contributed by atoms with Gasteiger partial charge < -0.3 is 9.64 Å². The summed E-state index contributed by atoms with van der Waals surface area (Å²) in [6.07, 6.45) is 3.23. The number of ether oxygens (including phenoxy) is 1. The minimum Gasteiger partial charge on any atom is -0.497 e. The molecule has 0 amide bonds. The molecule has 1 aliphatic heterocycles. The highest BCUT2D eigenvalue weighted by atomic mass is 16.5. The third-order valence-corrected chi connectivity index (χ3v) is 5.56. The topological polar surface area (TPSA) is 50.6 Å². The predicted octanol–water partition coefficient (Wildman–Crippen LogP) is 2.90. The Hall–Kier alpha value is -1.92. The van der Waals surface area contributed by atoms with Crippen LogP contribution in [0.15, 0.2) is 23.0 Å². The van der Waals surface area contributed by atoms with E-state index in [0.717, 1.165) is 56.8 Å². The van der Waals surface area contributed by atoms with Crippen LogP contribution >= 0.6 is 0 Å². The van der Waals surface area contributed by atoms with Crippen molar-refractivity contribution < 1.29 is 4.74 Å². The molecule has 0 aliphatic carbocycles. The summed E-state index contributed by atoms with van der Waals surface area (Å²) in [6, 6.07) is 5.76. The first-order valence-corrected chi connectivity index (χ1v) is 10.1. The molecular formula is C21H32N4O2. The van der Waals surface area contributed by atoms with E-state index in [9.17, 15) is 4.79 Å². The summed E-state index contributed by atoms with van der Waals surface area (Å²) in [5.74, 6) is 1.60. The second-order valence-electron chi connectivity index (χ2n) is 7.40. The van der Waals surface area contributed by atoms with Gasteiger partial charge in [-0.25, -0.2) is 4.98 Å². The van der Waals surface area contributed by atoms with E-state index >= 15 is 0 Å². The quantitative estimate of drug-likeness (QED) is 0.780. The number of methoxy groups -OCH3 is 1. The molecule has 1 aliphatic rings. The van der Waals surface area contributed by atoms with Crippen LogP contribution in [0.3, 0.4) is 0 Å². The molecule has 0 spiro atoms. The van der Waals surface area contributed by atoms with Gasteiger partial charge in [0.05, 0.1) is 24.1 Å². The summed E-state index contributed by atoms with van der Waals surface area (Å²) < 4.78 is 7.16. The molecule has 3 rings (SSSR count). The summed E-state index contributed by atoms with van der Waals surface area (Å²) in [6.45, 7) is 9.11. The van der Waals surface area contributed by atoms with E-state index < -0.39 is 0 Å². The first-order chi connectivity index (χ1) is 13.1. The third-order valence-electron chi connectivity index (χ3n) is 5.56. The van der Waals surface area contributed by atoms with Gasteiger partial charge in [0.25, 0.3) is 5.56 Å². The van der Waals surface area contributed by atoms with Crippen LogP contribution < -0.4 is 10.3 Å². The van der Waals surface area contributed by atoms with Crippen LogP contribution in [0, 0.1) is 0 Å². The molecule has 6 heteroatoms. The van der Waals surface area contributed by atoms with Crippen molar-refractivity contribution in [3.63, 3.8) is 0 Å². The number of hydrogen-bond acceptors (Lipinski definition) is 5. The standard InChI is InChI=1S/C21H32N4O2/c1-5-8-19(24-12-7-11-23(3)13-14-24)20-22-18-10-9-16(27-4)15-17(18)21(26)25(20)6-2/h9-10,15,19H,5-8,11-14H2,1-4H3. The van der Waals surface area contributed by atoms with Crippen molar-refractivity contribution in [2.75, 3.05) is 40.3 Å². The number of fused-ring (bicyclic) bond motifs is 1. The predicted molar refractivity (Wildman–Crippen MR) is 110 cm³/mol. The molecular weight excluding hydrogens is 340 g/mol. The first kappa shape index (κ1) is 19.8. The molecule has 0 radical (unpaired) electrons. The van der Waals surface area contributed by atoms with Crippen LogP contribution in [0.4, 0.5) is 0 Å². The van der Waals surface area contributed by atoms with E-state index in [1.165, 1.54) is 0 Å². The zero-order chi connectivity index (χ0) is 19.4. The van der Waals surface area contributed by atoms with Crippen LogP contribution in [-0.4, -0.2) is 59.7 Å². The number of benzene rings is 1. The fraction of sp³-hybridized carbons (Fsp3) is 0.619. The fourth-order valence-corrected chi connectivity index (χ4v) is 4.03. The molecule has 0 saturated carbocycles. The summed E-state index contributed by atoms with van der Waals surface area (Å²) >= 11 is 0. The molecule has 148 valence electrons. The first-order valence-electron chi connectivity index (χ1n) is 10.1. The van der Waals surface area contributed by atoms with Gasteiger partial charge in [-0.3, -0.25) is 14.3 Å². The molecule has 1 saturated heterocycles. The fourth-order valence-electron chi connectivity index (χ4n) is 4.03. The van der Waals surface area contributed by atoms with Crippen LogP contribution in [0.1, 0.15) is 45.0 Å². The number of rotatable bonds is 6. The Morgan fingerprint density at radius 3 is 2.70 bits per heavy atom. The maximum atomic E-state index is 13.2. The van der Waals surface area contributed by atoms with Crippen LogP contribution in [-0.2, 0) is 6.54 Å². The Kier molecular flexibility index (Phi) is 6.50. The molecule has 1 atom stereocenters. The van der Waals surface area contributed by atoms with Gasteiger partial charge in [0.2, 0.25) is 0 Å². The number of likely N-dealkylation sites (N-methyl/N-ethyl adjacent to an activating group) is 1. The average molecular weight is 373 g/mol. The van der Waals surface area contributed by atoms with Crippen molar-refractivity contribution in [1.29, 1.82) is 0 Å². The van der Waals surface area contributed by atoms with E-state index in [4.69, 9.17) is 9.72 Å². The summed E-state index contributed by atoms with van der Waals surface area (Å²) in [4.78, 5) is 23.1. The van der Waals surface area contributed by atoms with Gasteiger partial charge in [-0.05, 0) is 51.6 Å². The van der Waals surface area contributed by atoms with E-state index in [2.05, 4.69) is 23.8 Å². The van der Waals surface area contributed by atoms with Gasteiger partial charge in [0, 0.05) is 26.2 Å². The molecule has 6 nitrogen and oxygen atoms in total. The van der Waals surface area contributed by atoms with Gasteiger partial charge in [0.15, 0.2) is 0 Å². The normalized spacial score (nSPS) is 17.8. The van der Waals surface area contributed by atoms with Gasteiger partial charge in [-0.1, -0.05) is 13.3 Å². The Morgan fingerprint density at radius 2 is 2.00 bits per heavy atom. The van der Waals surface area contributed by atoms with Crippen molar-refractivity contribution in [2.45, 2.75) is 45.7 Å². The summed E-state index contributed by atoms with van der Waals surface area (Å²) in [7, 11) is 3.80. The summed E-state index contributed by atoms with van der Waals surface area (Å²) in [5, 5.41) is 0.630. The lowest BCUT2D eigenvalue weighted by atomic mass is 10.1. The lowest BCUT2D eigenvalue weighted by molar-refractivity contribution is 0.180. The smallest absolute Gasteiger partial charge is 0.261 e. The minimum atomic E-state index is 0.0319. The maximum absolute atomic E-state index is 13.2. The summed E-state index contributed by atoms with van der Waals surface area (Å²) in [5.41, 5.74) is 0.790. The van der Waals surface area contributed by atoms with Crippen LogP contribution in [0.2, 0.25) is 0 Å². The molecule has 0 bridgehead atoms. The minimum absolute atomic E-state index is 0.0319. The van der Waals surface area contributed by atoms with Gasteiger partial charge in [-0.2, -0.15) is 0 Å². The van der Waals surface area contributed by atoms with Crippen LogP contribution in [0.25, 0.3) is 10.9 Å². The Balaban J connectivity index is 2.09. The highest BCUT2D eigenvalue weighted by Crippen LogP contribution is 2.27. The van der Waals surface area contributed by atoms with E-state index in [1.807, 2.05) is 23.6 Å². The molecule has 1 fully saturated rings. The lowest BCUT2D eigenvalue weighted by Crippen LogP contribution is -2.37. The highest BCUT2D eigenvalue weighted by molar-refractivity contribution is 5.79. The monoisotopic (exact) mass is 372 g/mol. The molecule has 1 unspecified atom stereocenters. The van der Waals surface area contributed by atoms with Crippen LogP contribution in [0.5, 0.6) is 5.75 Å². The molecule has 27 heavy (non-hydrogen) atoms. The SMILES string of the molecule is CCCC(c1nc2ccc(OC)cc2c(=O)n1CC)N1CCCN(C)CC1. The maximum Gasteiger partial charge on any atom is 0.261 e. The van der Waals surface area contributed by atoms with Gasteiger partial charge in [-0.15, -0.1) is 0 Å². The van der Waals surface area contributed by atoms with Gasteiger partial charge in [0.1, 0.15) is 11.6 Å². The molecule has 2 aromatic rings. The number of nitrogens with zero attached hydrogens (tertiary/aromatic N) is 4. The molecule has 1 aromatic heterocycles. The third kappa shape index (κ3) is 4.17. The zero-order valence-electron chi connectivity index (χ0n) is 17.1. The second-order valence-corrected chi connectivity index (χ2v) is 7.40. The number of hydrogen-bond donors (Lipinski definition) is 0. The Morgan fingerprint density at radius 1 is 1.19 bits per heavy atom. The zero-order valence-corrected chi connectivity index (χ0v) is 17.1. The Bertz CT molecular complexity index is 833. The van der Waals surface area contributed by atoms with Crippen molar-refractivity contribution >= 4 is 10.9 Å². The molecule has 0 N–H and O–H groups in total. The van der Waals surface area contributed by atoms with Gasteiger partial charge >= 0.3 is 0 Å². The molecule has 2 heterocycles. The molecule has 1 aromatic carbocycles. The number of aromatic nitrogens is 2. The van der Waals surface area contributed by atoms with Crippen molar-refractivity contribution in [3.05, 3.63) is 34.4 Å². The second kappa shape index (κ2) is 8.85. The average Bonchev–Trinajstić information content (AvgIpc) is 2.90. The van der Waals surface area contributed by atoms with Crippen molar-refractivity contribution in [3.8, 4) is 5.75 Å².